The minimum Gasteiger partial charge on any atom is -0.336 e. The molecule has 5 rings (SSSR count). The molecule has 0 bridgehead atoms. The highest BCUT2D eigenvalue weighted by atomic mass is 32.1. The normalized spacial score (nSPS) is 17.2. The van der Waals surface area contributed by atoms with Crippen molar-refractivity contribution >= 4 is 23.2 Å². The zero-order chi connectivity index (χ0) is 25.3. The maximum Gasteiger partial charge on any atom is 0.416 e. The first kappa shape index (κ1) is 24.5. The number of benzene rings is 2. The number of amides is 2. The van der Waals surface area contributed by atoms with Gasteiger partial charge in [-0.25, -0.2) is 4.98 Å². The Morgan fingerprint density at radius 1 is 0.861 bits per heavy atom. The van der Waals surface area contributed by atoms with Gasteiger partial charge < -0.3 is 9.80 Å². The van der Waals surface area contributed by atoms with Gasteiger partial charge in [-0.3, -0.25) is 14.5 Å². The summed E-state index contributed by atoms with van der Waals surface area (Å²) in [7, 11) is 0. The highest BCUT2D eigenvalue weighted by Crippen LogP contribution is 2.29. The van der Waals surface area contributed by atoms with Crippen LogP contribution in [0, 0.1) is 0 Å². The fraction of sp³-hybridized carbons (Fsp3) is 0.346. The number of rotatable bonds is 5. The summed E-state index contributed by atoms with van der Waals surface area (Å²) in [6.45, 7) is 4.16. The van der Waals surface area contributed by atoms with Crippen LogP contribution in [0.3, 0.4) is 0 Å². The summed E-state index contributed by atoms with van der Waals surface area (Å²) in [4.78, 5) is 35.4. The van der Waals surface area contributed by atoms with Crippen LogP contribution in [0.1, 0.15) is 37.5 Å². The lowest BCUT2D eigenvalue weighted by molar-refractivity contribution is -0.137. The molecule has 6 nitrogen and oxygen atoms in total. The van der Waals surface area contributed by atoms with Crippen LogP contribution in [0.5, 0.6) is 0 Å². The largest absolute Gasteiger partial charge is 0.416 e. The Bertz CT molecular complexity index is 1200. The molecule has 0 N–H and O–H groups in total. The molecule has 0 atom stereocenters. The van der Waals surface area contributed by atoms with Crippen molar-refractivity contribution in [3.05, 3.63) is 87.4 Å². The van der Waals surface area contributed by atoms with Gasteiger partial charge in [-0.2, -0.15) is 13.2 Å². The molecule has 0 aliphatic carbocycles. The van der Waals surface area contributed by atoms with Gasteiger partial charge in [0.1, 0.15) is 5.69 Å². The molecule has 0 unspecified atom stereocenters. The number of hydrogen-bond donors (Lipinski definition) is 0. The third kappa shape index (κ3) is 5.29. The van der Waals surface area contributed by atoms with Crippen LogP contribution in [0.15, 0.2) is 59.4 Å². The van der Waals surface area contributed by atoms with Gasteiger partial charge >= 0.3 is 6.18 Å². The Kier molecular flexibility index (Phi) is 6.81. The van der Waals surface area contributed by atoms with Gasteiger partial charge in [-0.1, -0.05) is 24.3 Å². The van der Waals surface area contributed by atoms with E-state index < -0.39 is 11.7 Å². The van der Waals surface area contributed by atoms with Crippen molar-refractivity contribution in [1.82, 2.24) is 19.7 Å². The van der Waals surface area contributed by atoms with Gasteiger partial charge in [-0.05, 0) is 41.8 Å². The minimum atomic E-state index is -4.34. The van der Waals surface area contributed by atoms with Crippen LogP contribution in [-0.4, -0.2) is 76.8 Å². The summed E-state index contributed by atoms with van der Waals surface area (Å²) in [6, 6.07) is 12.7. The number of piperazine rings is 1. The van der Waals surface area contributed by atoms with Crippen LogP contribution in [0.4, 0.5) is 13.2 Å². The van der Waals surface area contributed by atoms with E-state index in [1.807, 2.05) is 21.9 Å². The summed E-state index contributed by atoms with van der Waals surface area (Å²) < 4.78 is 38.2. The highest BCUT2D eigenvalue weighted by molar-refractivity contribution is 7.07. The Labute approximate surface area is 211 Å². The Balaban J connectivity index is 1.09. The number of nitrogens with zero attached hydrogens (tertiary/aromatic N) is 4. The number of hydrogen-bond acceptors (Lipinski definition) is 5. The van der Waals surface area contributed by atoms with Gasteiger partial charge in [-0.15, -0.1) is 11.3 Å². The van der Waals surface area contributed by atoms with Crippen molar-refractivity contribution < 1.29 is 22.8 Å². The van der Waals surface area contributed by atoms with E-state index in [0.717, 1.165) is 36.3 Å². The van der Waals surface area contributed by atoms with Crippen molar-refractivity contribution in [3.63, 3.8) is 0 Å². The Morgan fingerprint density at radius 3 is 2.03 bits per heavy atom. The zero-order valence-corrected chi connectivity index (χ0v) is 20.3. The molecule has 2 amide bonds. The molecule has 3 aromatic rings. The van der Waals surface area contributed by atoms with Gasteiger partial charge in [0.25, 0.3) is 11.8 Å². The molecule has 0 spiro atoms. The second-order valence-electron chi connectivity index (χ2n) is 9.13. The second kappa shape index (κ2) is 10.0. The van der Waals surface area contributed by atoms with Gasteiger partial charge in [0, 0.05) is 56.3 Å². The lowest BCUT2D eigenvalue weighted by atomic mass is 10.0. The van der Waals surface area contributed by atoms with E-state index in [4.69, 9.17) is 0 Å². The molecule has 2 saturated heterocycles. The number of carbonyl (C=O) groups excluding carboxylic acids is 2. The number of thiazole rings is 1. The van der Waals surface area contributed by atoms with Crippen LogP contribution in [-0.2, 0) is 12.6 Å². The van der Waals surface area contributed by atoms with Crippen molar-refractivity contribution in [3.8, 4) is 0 Å². The molecule has 2 aromatic carbocycles. The fourth-order valence-electron chi connectivity index (χ4n) is 4.62. The summed E-state index contributed by atoms with van der Waals surface area (Å²) in [5.74, 6) is -0.0484. The Hall–Kier alpha value is -3.24. The lowest BCUT2D eigenvalue weighted by Gasteiger charge is -2.47. The molecule has 2 aliphatic heterocycles. The van der Waals surface area contributed by atoms with E-state index in [1.165, 1.54) is 23.5 Å². The molecule has 0 radical (unpaired) electrons. The van der Waals surface area contributed by atoms with Crippen LogP contribution < -0.4 is 0 Å². The number of aromatic nitrogens is 1. The average Bonchev–Trinajstić information content (AvgIpc) is 3.39. The first-order valence-corrected chi connectivity index (χ1v) is 12.7. The van der Waals surface area contributed by atoms with E-state index in [0.29, 0.717) is 49.9 Å². The van der Waals surface area contributed by atoms with Crippen molar-refractivity contribution in [2.75, 3.05) is 39.3 Å². The monoisotopic (exact) mass is 514 g/mol. The van der Waals surface area contributed by atoms with Crippen molar-refractivity contribution in [2.24, 2.45) is 0 Å². The second-order valence-corrected chi connectivity index (χ2v) is 9.85. The third-order valence-electron chi connectivity index (χ3n) is 6.81. The van der Waals surface area contributed by atoms with Crippen LogP contribution >= 0.6 is 11.3 Å². The maximum absolute atomic E-state index is 13.0. The summed E-state index contributed by atoms with van der Waals surface area (Å²) in [5, 5.41) is 1.77. The molecular weight excluding hydrogens is 489 g/mol. The number of alkyl halides is 3. The topological polar surface area (TPSA) is 56.8 Å². The van der Waals surface area contributed by atoms with Gasteiger partial charge in [0.05, 0.1) is 11.1 Å². The standard InChI is InChI=1S/C26H25F3N4O2S/c27-26(28,29)21-7-3-19(4-8-21)13-18-1-5-20(6-2-18)24(34)32-11-9-31(10-12-32)22-14-33(15-22)25(35)23-16-36-17-30-23/h1-8,16-17,22H,9-15H2. The lowest BCUT2D eigenvalue weighted by Crippen LogP contribution is -2.64. The minimum absolute atomic E-state index is 0.0234. The SMILES string of the molecule is O=C(c1ccc(Cc2ccc(C(F)(F)F)cc2)cc1)N1CCN(C2CN(C(=O)c3cscn3)C2)CC1. The van der Waals surface area contributed by atoms with E-state index in [9.17, 15) is 22.8 Å². The molecule has 2 aliphatic rings. The molecule has 36 heavy (non-hydrogen) atoms. The van der Waals surface area contributed by atoms with Gasteiger partial charge in [0.2, 0.25) is 0 Å². The first-order chi connectivity index (χ1) is 17.3. The molecular formula is C26H25F3N4O2S. The summed E-state index contributed by atoms with van der Waals surface area (Å²) in [6.07, 6.45) is -3.85. The van der Waals surface area contributed by atoms with Crippen LogP contribution in [0.2, 0.25) is 0 Å². The highest BCUT2D eigenvalue weighted by Gasteiger charge is 2.37. The molecule has 2 fully saturated rings. The smallest absolute Gasteiger partial charge is 0.336 e. The van der Waals surface area contributed by atoms with E-state index in [1.54, 1.807) is 23.0 Å². The molecule has 188 valence electrons. The molecule has 1 aromatic heterocycles. The number of likely N-dealkylation sites (tertiary alicyclic amines) is 1. The number of halogens is 3. The van der Waals surface area contributed by atoms with Crippen LogP contribution in [0.25, 0.3) is 0 Å². The van der Waals surface area contributed by atoms with E-state index >= 15 is 0 Å². The molecule has 3 heterocycles. The fourth-order valence-corrected chi connectivity index (χ4v) is 5.14. The summed E-state index contributed by atoms with van der Waals surface area (Å²) >= 11 is 1.41. The molecule has 0 saturated carbocycles. The summed E-state index contributed by atoms with van der Waals surface area (Å²) in [5.41, 5.74) is 3.81. The average molecular weight is 515 g/mol. The van der Waals surface area contributed by atoms with Crippen molar-refractivity contribution in [2.45, 2.75) is 18.6 Å². The zero-order valence-electron chi connectivity index (χ0n) is 19.4. The predicted molar refractivity (Wildman–Crippen MR) is 130 cm³/mol. The third-order valence-corrected chi connectivity index (χ3v) is 7.40. The Morgan fingerprint density at radius 2 is 1.47 bits per heavy atom. The first-order valence-electron chi connectivity index (χ1n) is 11.7. The maximum atomic E-state index is 13.0. The predicted octanol–water partition coefficient (Wildman–Crippen LogP) is 4.04. The van der Waals surface area contributed by atoms with E-state index in [2.05, 4.69) is 9.88 Å². The number of carbonyl (C=O) groups is 2. The van der Waals surface area contributed by atoms with Crippen molar-refractivity contribution in [1.29, 1.82) is 0 Å². The van der Waals surface area contributed by atoms with E-state index in [-0.39, 0.29) is 11.8 Å². The quantitative estimate of drug-likeness (QED) is 0.516. The van der Waals surface area contributed by atoms with Gasteiger partial charge in [0.15, 0.2) is 0 Å². The molecule has 10 heteroatoms.